The zero-order chi connectivity index (χ0) is 9.30. The van der Waals surface area contributed by atoms with Crippen LogP contribution in [-0.2, 0) is 0 Å². The minimum Gasteiger partial charge on any atom is -0.143 e. The Morgan fingerprint density at radius 3 is 2.08 bits per heavy atom. The van der Waals surface area contributed by atoms with Gasteiger partial charge < -0.3 is 0 Å². The molecule has 0 spiro atoms. The molecule has 0 heterocycles. The maximum Gasteiger partial charge on any atom is 0.00774 e. The molecule has 0 N–H and O–H groups in total. The first-order valence-corrected chi connectivity index (χ1v) is 4.77. The Morgan fingerprint density at radius 2 is 1.58 bits per heavy atom. The molecule has 0 saturated carbocycles. The van der Waals surface area contributed by atoms with Gasteiger partial charge in [0.05, 0.1) is 0 Å². The van der Waals surface area contributed by atoms with Crippen molar-refractivity contribution in [2.24, 2.45) is 0 Å². The van der Waals surface area contributed by atoms with Crippen molar-refractivity contribution in [1.82, 2.24) is 0 Å². The third-order valence-electron chi connectivity index (χ3n) is 2.27. The number of rotatable bonds is 1. The summed E-state index contributed by atoms with van der Waals surface area (Å²) in [6.45, 7) is 8.67. The highest BCUT2D eigenvalue weighted by atomic mass is 32.1. The molecule has 12 heavy (non-hydrogen) atoms. The fraction of sp³-hybridized carbons (Fsp3) is 0.455. The minimum absolute atomic E-state index is 0.566. The average molecular weight is 180 g/mol. The lowest BCUT2D eigenvalue weighted by molar-refractivity contribution is 0.839. The molecule has 0 aliphatic carbocycles. The zero-order valence-corrected chi connectivity index (χ0v) is 9.07. The molecule has 0 aliphatic rings. The van der Waals surface area contributed by atoms with Crippen LogP contribution in [0, 0.1) is 13.8 Å². The van der Waals surface area contributed by atoms with E-state index in [0.29, 0.717) is 5.92 Å². The normalized spacial score (nSPS) is 10.8. The van der Waals surface area contributed by atoms with Crippen LogP contribution in [0.4, 0.5) is 0 Å². The second kappa shape index (κ2) is 3.53. The fourth-order valence-electron chi connectivity index (χ4n) is 1.29. The summed E-state index contributed by atoms with van der Waals surface area (Å²) in [6.07, 6.45) is 0. The molecule has 1 heteroatoms. The van der Waals surface area contributed by atoms with E-state index in [2.05, 4.69) is 52.5 Å². The van der Waals surface area contributed by atoms with Gasteiger partial charge in [-0.05, 0) is 42.5 Å². The van der Waals surface area contributed by atoms with Gasteiger partial charge in [0.15, 0.2) is 0 Å². The summed E-state index contributed by atoms with van der Waals surface area (Å²) >= 11 is 4.45. The third kappa shape index (κ3) is 1.84. The van der Waals surface area contributed by atoms with Gasteiger partial charge in [-0.15, -0.1) is 12.6 Å². The Kier molecular flexibility index (Phi) is 2.84. The Hall–Kier alpha value is -0.430. The number of hydrogen-bond acceptors (Lipinski definition) is 1. The molecule has 0 bridgehead atoms. The van der Waals surface area contributed by atoms with Crippen LogP contribution in [0.3, 0.4) is 0 Å². The summed E-state index contributed by atoms with van der Waals surface area (Å²) in [5.74, 6) is 0.566. The molecule has 0 nitrogen and oxygen atoms in total. The van der Waals surface area contributed by atoms with Crippen molar-refractivity contribution in [3.8, 4) is 0 Å². The van der Waals surface area contributed by atoms with Crippen LogP contribution >= 0.6 is 12.6 Å². The molecular weight excluding hydrogens is 164 g/mol. The lowest BCUT2D eigenvalue weighted by Gasteiger charge is -2.11. The smallest absolute Gasteiger partial charge is 0.00774 e. The maximum absolute atomic E-state index is 4.45. The van der Waals surface area contributed by atoms with Crippen molar-refractivity contribution >= 4 is 12.6 Å². The predicted octanol–water partition coefficient (Wildman–Crippen LogP) is 3.72. The quantitative estimate of drug-likeness (QED) is 0.626. The predicted molar refractivity (Wildman–Crippen MR) is 57.3 cm³/mol. The van der Waals surface area contributed by atoms with Crippen LogP contribution in [0.2, 0.25) is 0 Å². The van der Waals surface area contributed by atoms with Gasteiger partial charge in [0.1, 0.15) is 0 Å². The molecule has 0 saturated heterocycles. The topological polar surface area (TPSA) is 0 Å². The van der Waals surface area contributed by atoms with Crippen molar-refractivity contribution in [3.63, 3.8) is 0 Å². The SMILES string of the molecule is Cc1cc(S)c(C(C)C)cc1C. The lowest BCUT2D eigenvalue weighted by atomic mass is 9.98. The van der Waals surface area contributed by atoms with Crippen LogP contribution in [-0.4, -0.2) is 0 Å². The second-order valence-corrected chi connectivity index (χ2v) is 4.13. The van der Waals surface area contributed by atoms with Gasteiger partial charge >= 0.3 is 0 Å². The van der Waals surface area contributed by atoms with Gasteiger partial charge in [-0.1, -0.05) is 19.9 Å². The summed E-state index contributed by atoms with van der Waals surface area (Å²) in [5, 5.41) is 0. The maximum atomic E-state index is 4.45. The van der Waals surface area contributed by atoms with Gasteiger partial charge in [-0.2, -0.15) is 0 Å². The first-order valence-electron chi connectivity index (χ1n) is 4.32. The van der Waals surface area contributed by atoms with Crippen LogP contribution in [0.1, 0.15) is 36.5 Å². The van der Waals surface area contributed by atoms with E-state index in [1.54, 1.807) is 0 Å². The molecule has 0 aromatic heterocycles. The van der Waals surface area contributed by atoms with E-state index in [4.69, 9.17) is 0 Å². The molecule has 0 fully saturated rings. The van der Waals surface area contributed by atoms with Gasteiger partial charge in [-0.3, -0.25) is 0 Å². The van der Waals surface area contributed by atoms with Crippen molar-refractivity contribution in [2.45, 2.75) is 38.5 Å². The molecule has 0 atom stereocenters. The van der Waals surface area contributed by atoms with Crippen molar-refractivity contribution in [1.29, 1.82) is 0 Å². The Labute approximate surface area is 80.4 Å². The largest absolute Gasteiger partial charge is 0.143 e. The Bertz CT molecular complexity index is 287. The van der Waals surface area contributed by atoms with Gasteiger partial charge in [-0.25, -0.2) is 0 Å². The van der Waals surface area contributed by atoms with Crippen LogP contribution < -0.4 is 0 Å². The molecule has 1 aromatic rings. The molecule has 0 amide bonds. The molecule has 1 rings (SSSR count). The Balaban J connectivity index is 3.23. The van der Waals surface area contributed by atoms with Crippen molar-refractivity contribution in [3.05, 3.63) is 28.8 Å². The molecular formula is C11H16S. The highest BCUT2D eigenvalue weighted by Gasteiger charge is 2.05. The van der Waals surface area contributed by atoms with Gasteiger partial charge in [0.25, 0.3) is 0 Å². The van der Waals surface area contributed by atoms with E-state index in [-0.39, 0.29) is 0 Å². The molecule has 0 aliphatic heterocycles. The summed E-state index contributed by atoms with van der Waals surface area (Å²) in [6, 6.07) is 4.39. The lowest BCUT2D eigenvalue weighted by Crippen LogP contribution is -1.92. The highest BCUT2D eigenvalue weighted by molar-refractivity contribution is 7.80. The van der Waals surface area contributed by atoms with Crippen LogP contribution in [0.25, 0.3) is 0 Å². The monoisotopic (exact) mass is 180 g/mol. The first-order chi connectivity index (χ1) is 5.52. The summed E-state index contributed by atoms with van der Waals surface area (Å²) in [5.41, 5.74) is 4.03. The third-order valence-corrected chi connectivity index (χ3v) is 2.65. The van der Waals surface area contributed by atoms with E-state index in [9.17, 15) is 0 Å². The van der Waals surface area contributed by atoms with Crippen LogP contribution in [0.15, 0.2) is 17.0 Å². The number of thiol groups is 1. The molecule has 1 aromatic carbocycles. The first kappa shape index (κ1) is 9.66. The van der Waals surface area contributed by atoms with E-state index in [1.807, 2.05) is 0 Å². The standard InChI is InChI=1S/C11H16S/c1-7(2)10-5-8(3)9(4)6-11(10)12/h5-7,12H,1-4H3. The minimum atomic E-state index is 0.566. The molecule has 0 radical (unpaired) electrons. The second-order valence-electron chi connectivity index (χ2n) is 3.65. The fourth-order valence-corrected chi connectivity index (χ4v) is 1.80. The average Bonchev–Trinajstić information content (AvgIpc) is 1.96. The van der Waals surface area contributed by atoms with Crippen molar-refractivity contribution in [2.75, 3.05) is 0 Å². The van der Waals surface area contributed by atoms with Gasteiger partial charge in [0.2, 0.25) is 0 Å². The zero-order valence-electron chi connectivity index (χ0n) is 8.18. The van der Waals surface area contributed by atoms with E-state index < -0.39 is 0 Å². The van der Waals surface area contributed by atoms with E-state index in [1.165, 1.54) is 16.7 Å². The van der Waals surface area contributed by atoms with E-state index in [0.717, 1.165) is 4.90 Å². The van der Waals surface area contributed by atoms with E-state index >= 15 is 0 Å². The summed E-state index contributed by atoms with van der Waals surface area (Å²) < 4.78 is 0. The number of hydrogen-bond donors (Lipinski definition) is 1. The van der Waals surface area contributed by atoms with Gasteiger partial charge in [0, 0.05) is 4.90 Å². The number of aryl methyl sites for hydroxylation is 2. The van der Waals surface area contributed by atoms with Crippen molar-refractivity contribution < 1.29 is 0 Å². The molecule has 0 unspecified atom stereocenters. The summed E-state index contributed by atoms with van der Waals surface area (Å²) in [7, 11) is 0. The summed E-state index contributed by atoms with van der Waals surface area (Å²) in [4.78, 5) is 1.12. The molecule has 66 valence electrons. The number of benzene rings is 1. The highest BCUT2D eigenvalue weighted by Crippen LogP contribution is 2.25. The Morgan fingerprint density at radius 1 is 1.08 bits per heavy atom. The van der Waals surface area contributed by atoms with Crippen LogP contribution in [0.5, 0.6) is 0 Å².